The SMILES string of the molecule is CCCC(C)c1c(F)cccc1C(C)(C)C. The Kier molecular flexibility index (Phi) is 4.12. The van der Waals surface area contributed by atoms with Gasteiger partial charge in [0, 0.05) is 0 Å². The second-order valence-electron chi connectivity index (χ2n) is 5.64. The van der Waals surface area contributed by atoms with E-state index < -0.39 is 0 Å². The van der Waals surface area contributed by atoms with Crippen LogP contribution in [-0.2, 0) is 5.41 Å². The van der Waals surface area contributed by atoms with Gasteiger partial charge in [-0.1, -0.05) is 53.2 Å². The van der Waals surface area contributed by atoms with Gasteiger partial charge in [0.1, 0.15) is 5.82 Å². The van der Waals surface area contributed by atoms with Crippen LogP contribution in [0.4, 0.5) is 4.39 Å². The van der Waals surface area contributed by atoms with Crippen LogP contribution in [0.25, 0.3) is 0 Å². The Hall–Kier alpha value is -0.850. The minimum atomic E-state index is -0.0478. The van der Waals surface area contributed by atoms with E-state index in [2.05, 4.69) is 40.7 Å². The van der Waals surface area contributed by atoms with Gasteiger partial charge in [0.05, 0.1) is 0 Å². The number of hydrogen-bond donors (Lipinski definition) is 0. The second kappa shape index (κ2) is 4.99. The minimum absolute atomic E-state index is 0.0133. The Morgan fingerprint density at radius 3 is 2.38 bits per heavy atom. The molecular weight excluding hydrogens is 199 g/mol. The molecule has 0 fully saturated rings. The zero-order valence-electron chi connectivity index (χ0n) is 11.1. The Labute approximate surface area is 98.9 Å². The summed E-state index contributed by atoms with van der Waals surface area (Å²) >= 11 is 0. The molecule has 0 radical (unpaired) electrons. The minimum Gasteiger partial charge on any atom is -0.207 e. The Balaban J connectivity index is 3.24. The molecule has 90 valence electrons. The fraction of sp³-hybridized carbons (Fsp3) is 0.600. The highest BCUT2D eigenvalue weighted by Gasteiger charge is 2.23. The molecule has 0 aliphatic carbocycles. The summed E-state index contributed by atoms with van der Waals surface area (Å²) in [7, 11) is 0. The first kappa shape index (κ1) is 13.2. The summed E-state index contributed by atoms with van der Waals surface area (Å²) in [6.07, 6.45) is 2.14. The van der Waals surface area contributed by atoms with Crippen molar-refractivity contribution in [2.75, 3.05) is 0 Å². The van der Waals surface area contributed by atoms with Crippen molar-refractivity contribution in [2.24, 2.45) is 0 Å². The summed E-state index contributed by atoms with van der Waals surface area (Å²) in [6, 6.07) is 5.46. The third kappa shape index (κ3) is 2.84. The predicted octanol–water partition coefficient (Wildman–Crippen LogP) is 5.03. The predicted molar refractivity (Wildman–Crippen MR) is 68.4 cm³/mol. The average Bonchev–Trinajstić information content (AvgIpc) is 2.16. The first-order valence-electron chi connectivity index (χ1n) is 6.16. The molecule has 0 aliphatic heterocycles. The van der Waals surface area contributed by atoms with Crippen molar-refractivity contribution < 1.29 is 4.39 Å². The standard InChI is InChI=1S/C15H23F/c1-6-8-11(2)14-12(15(3,4)5)9-7-10-13(14)16/h7,9-11H,6,8H2,1-5H3. The van der Waals surface area contributed by atoms with E-state index in [1.807, 2.05) is 6.07 Å². The van der Waals surface area contributed by atoms with Crippen LogP contribution in [-0.4, -0.2) is 0 Å². The lowest BCUT2D eigenvalue weighted by molar-refractivity contribution is 0.525. The third-order valence-electron chi connectivity index (χ3n) is 3.08. The number of benzene rings is 1. The lowest BCUT2D eigenvalue weighted by Crippen LogP contribution is -2.16. The Bertz CT molecular complexity index is 347. The van der Waals surface area contributed by atoms with Crippen molar-refractivity contribution in [3.63, 3.8) is 0 Å². The van der Waals surface area contributed by atoms with E-state index in [0.717, 1.165) is 24.0 Å². The molecule has 1 rings (SSSR count). The van der Waals surface area contributed by atoms with E-state index in [9.17, 15) is 4.39 Å². The maximum atomic E-state index is 14.0. The molecule has 1 atom stereocenters. The third-order valence-corrected chi connectivity index (χ3v) is 3.08. The molecular formula is C15H23F. The average molecular weight is 222 g/mol. The highest BCUT2D eigenvalue weighted by atomic mass is 19.1. The molecule has 0 saturated heterocycles. The molecule has 0 aliphatic rings. The molecule has 0 bridgehead atoms. The van der Waals surface area contributed by atoms with Crippen LogP contribution in [0.3, 0.4) is 0 Å². The van der Waals surface area contributed by atoms with Crippen LogP contribution in [0.2, 0.25) is 0 Å². The molecule has 1 unspecified atom stereocenters. The number of halogens is 1. The largest absolute Gasteiger partial charge is 0.207 e. The van der Waals surface area contributed by atoms with Crippen LogP contribution in [0.1, 0.15) is 64.5 Å². The van der Waals surface area contributed by atoms with Gasteiger partial charge in [-0.3, -0.25) is 0 Å². The monoisotopic (exact) mass is 222 g/mol. The quantitative estimate of drug-likeness (QED) is 0.673. The van der Waals surface area contributed by atoms with Gasteiger partial charge in [0.2, 0.25) is 0 Å². The van der Waals surface area contributed by atoms with Gasteiger partial charge in [0.25, 0.3) is 0 Å². The van der Waals surface area contributed by atoms with Gasteiger partial charge in [-0.05, 0) is 34.9 Å². The van der Waals surface area contributed by atoms with Gasteiger partial charge in [-0.25, -0.2) is 4.39 Å². The Morgan fingerprint density at radius 1 is 1.25 bits per heavy atom. The van der Waals surface area contributed by atoms with Gasteiger partial charge >= 0.3 is 0 Å². The van der Waals surface area contributed by atoms with Crippen molar-refractivity contribution in [3.05, 3.63) is 35.1 Å². The maximum absolute atomic E-state index is 14.0. The number of rotatable bonds is 3. The summed E-state index contributed by atoms with van der Waals surface area (Å²) in [4.78, 5) is 0. The highest BCUT2D eigenvalue weighted by Crippen LogP contribution is 2.34. The molecule has 16 heavy (non-hydrogen) atoms. The van der Waals surface area contributed by atoms with Crippen molar-refractivity contribution in [2.45, 2.75) is 58.8 Å². The van der Waals surface area contributed by atoms with Gasteiger partial charge in [-0.2, -0.15) is 0 Å². The van der Waals surface area contributed by atoms with Crippen molar-refractivity contribution in [3.8, 4) is 0 Å². The van der Waals surface area contributed by atoms with E-state index in [4.69, 9.17) is 0 Å². The van der Waals surface area contributed by atoms with E-state index in [-0.39, 0.29) is 11.2 Å². The van der Waals surface area contributed by atoms with Crippen LogP contribution in [0.5, 0.6) is 0 Å². The summed E-state index contributed by atoms with van der Waals surface area (Å²) in [5.74, 6) is 0.258. The maximum Gasteiger partial charge on any atom is 0.126 e. The molecule has 1 heteroatoms. The van der Waals surface area contributed by atoms with Crippen LogP contribution in [0.15, 0.2) is 18.2 Å². The Morgan fingerprint density at radius 2 is 1.88 bits per heavy atom. The molecule has 0 amide bonds. The van der Waals surface area contributed by atoms with Crippen molar-refractivity contribution in [1.29, 1.82) is 0 Å². The molecule has 0 nitrogen and oxygen atoms in total. The molecule has 0 saturated carbocycles. The van der Waals surface area contributed by atoms with Crippen molar-refractivity contribution in [1.82, 2.24) is 0 Å². The number of hydrogen-bond acceptors (Lipinski definition) is 0. The smallest absolute Gasteiger partial charge is 0.126 e. The molecule has 0 heterocycles. The van der Waals surface area contributed by atoms with Crippen LogP contribution in [0, 0.1) is 5.82 Å². The lowest BCUT2D eigenvalue weighted by Gasteiger charge is -2.26. The highest BCUT2D eigenvalue weighted by molar-refractivity contribution is 5.36. The summed E-state index contributed by atoms with van der Waals surface area (Å²) < 4.78 is 14.0. The van der Waals surface area contributed by atoms with Gasteiger partial charge in [0.15, 0.2) is 0 Å². The summed E-state index contributed by atoms with van der Waals surface area (Å²) in [5, 5.41) is 0. The molecule has 1 aromatic rings. The zero-order chi connectivity index (χ0) is 12.3. The summed E-state index contributed by atoms with van der Waals surface area (Å²) in [6.45, 7) is 10.7. The zero-order valence-corrected chi connectivity index (χ0v) is 11.1. The second-order valence-corrected chi connectivity index (χ2v) is 5.64. The lowest BCUT2D eigenvalue weighted by atomic mass is 9.79. The van der Waals surface area contributed by atoms with Gasteiger partial charge < -0.3 is 0 Å². The molecule has 0 aromatic heterocycles. The first-order valence-corrected chi connectivity index (χ1v) is 6.16. The van der Waals surface area contributed by atoms with Crippen LogP contribution < -0.4 is 0 Å². The van der Waals surface area contributed by atoms with E-state index in [0.29, 0.717) is 5.92 Å². The van der Waals surface area contributed by atoms with E-state index in [1.165, 1.54) is 0 Å². The van der Waals surface area contributed by atoms with E-state index in [1.54, 1.807) is 6.07 Å². The molecule has 0 spiro atoms. The van der Waals surface area contributed by atoms with Crippen molar-refractivity contribution >= 4 is 0 Å². The topological polar surface area (TPSA) is 0 Å². The van der Waals surface area contributed by atoms with Crippen LogP contribution >= 0.6 is 0 Å². The summed E-state index contributed by atoms with van der Waals surface area (Å²) in [5.41, 5.74) is 2.07. The molecule has 1 aromatic carbocycles. The molecule has 0 N–H and O–H groups in total. The fourth-order valence-corrected chi connectivity index (χ4v) is 2.27. The normalized spacial score (nSPS) is 13.9. The first-order chi connectivity index (χ1) is 7.38. The fourth-order valence-electron chi connectivity index (χ4n) is 2.27. The van der Waals surface area contributed by atoms with E-state index >= 15 is 0 Å². The van der Waals surface area contributed by atoms with Gasteiger partial charge in [-0.15, -0.1) is 0 Å².